The summed E-state index contributed by atoms with van der Waals surface area (Å²) in [4.78, 5) is 11.8. The lowest BCUT2D eigenvalue weighted by atomic mass is 10.1. The highest BCUT2D eigenvalue weighted by Gasteiger charge is 2.26. The van der Waals surface area contributed by atoms with Crippen molar-refractivity contribution in [2.24, 2.45) is 5.92 Å². The fourth-order valence-corrected chi connectivity index (χ4v) is 2.63. The lowest BCUT2D eigenvalue weighted by Crippen LogP contribution is -2.41. The summed E-state index contributed by atoms with van der Waals surface area (Å²) in [6, 6.07) is 1.37. The quantitative estimate of drug-likeness (QED) is 0.764. The van der Waals surface area contributed by atoms with Crippen LogP contribution in [0.5, 0.6) is 0 Å². The molecular weight excluding hydrogens is 333 g/mol. The molecule has 0 aliphatic heterocycles. The number of hydrogen-bond donors (Lipinski definition) is 1. The number of benzene rings is 1. The minimum atomic E-state index is -4.06. The number of halogens is 3. The van der Waals surface area contributed by atoms with Crippen molar-refractivity contribution in [3.63, 3.8) is 0 Å². The van der Waals surface area contributed by atoms with E-state index in [1.165, 1.54) is 0 Å². The first-order valence-electron chi connectivity index (χ1n) is 6.92. The molecule has 1 rings (SSSR count). The van der Waals surface area contributed by atoms with Crippen LogP contribution in [0.3, 0.4) is 0 Å². The third-order valence-corrected chi connectivity index (χ3v) is 4.14. The van der Waals surface area contributed by atoms with Gasteiger partial charge < -0.3 is 5.32 Å². The highest BCUT2D eigenvalue weighted by atomic mass is 32.2. The van der Waals surface area contributed by atoms with Gasteiger partial charge in [-0.25, -0.2) is 21.6 Å². The van der Waals surface area contributed by atoms with Crippen LogP contribution in [-0.4, -0.2) is 33.7 Å². The zero-order valence-corrected chi connectivity index (χ0v) is 13.9. The predicted octanol–water partition coefficient (Wildman–Crippen LogP) is 2.03. The second-order valence-electron chi connectivity index (χ2n) is 5.50. The molecule has 0 heterocycles. The van der Waals surface area contributed by atoms with Crippen molar-refractivity contribution in [3.8, 4) is 0 Å². The van der Waals surface area contributed by atoms with Gasteiger partial charge in [0.15, 0.2) is 17.5 Å². The first kappa shape index (κ1) is 19.3. The van der Waals surface area contributed by atoms with E-state index >= 15 is 0 Å². The summed E-state index contributed by atoms with van der Waals surface area (Å²) in [5, 5.41) is 2.50. The molecule has 130 valence electrons. The summed E-state index contributed by atoms with van der Waals surface area (Å²) >= 11 is 0. The molecule has 0 unspecified atom stereocenters. The van der Waals surface area contributed by atoms with Gasteiger partial charge in [0.25, 0.3) is 0 Å². The van der Waals surface area contributed by atoms with Gasteiger partial charge in [-0.2, -0.15) is 0 Å². The summed E-state index contributed by atoms with van der Waals surface area (Å²) in [6.07, 6.45) is 1.43. The molecule has 0 aliphatic carbocycles. The van der Waals surface area contributed by atoms with Crippen molar-refractivity contribution in [3.05, 3.63) is 29.6 Å². The van der Waals surface area contributed by atoms with Gasteiger partial charge in [-0.15, -0.1) is 0 Å². The first-order valence-corrected chi connectivity index (χ1v) is 8.76. The molecule has 1 aromatic carbocycles. The van der Waals surface area contributed by atoms with Crippen LogP contribution in [0.4, 0.5) is 18.9 Å². The molecule has 0 saturated heterocycles. The number of rotatable bonds is 7. The summed E-state index contributed by atoms with van der Waals surface area (Å²) in [6.45, 7) is 3.50. The van der Waals surface area contributed by atoms with E-state index < -0.39 is 45.6 Å². The average Bonchev–Trinajstić information content (AvgIpc) is 2.41. The van der Waals surface area contributed by atoms with E-state index in [2.05, 4.69) is 5.32 Å². The van der Waals surface area contributed by atoms with Gasteiger partial charge in [0.2, 0.25) is 15.9 Å². The van der Waals surface area contributed by atoms with Gasteiger partial charge in [-0.1, -0.05) is 13.8 Å². The zero-order chi connectivity index (χ0) is 17.8. The molecule has 0 radical (unpaired) electrons. The Balaban J connectivity index is 3.00. The Morgan fingerprint density at radius 3 is 2.35 bits per heavy atom. The molecule has 1 aromatic rings. The first-order chi connectivity index (χ1) is 10.5. The maximum atomic E-state index is 13.8. The van der Waals surface area contributed by atoms with Crippen molar-refractivity contribution in [2.45, 2.75) is 20.3 Å². The molecule has 0 bridgehead atoms. The highest BCUT2D eigenvalue weighted by molar-refractivity contribution is 7.92. The number of carbonyl (C=O) groups is 1. The predicted molar refractivity (Wildman–Crippen MR) is 81.0 cm³/mol. The van der Waals surface area contributed by atoms with E-state index in [9.17, 15) is 26.4 Å². The van der Waals surface area contributed by atoms with Gasteiger partial charge in [0.1, 0.15) is 6.54 Å². The third kappa shape index (κ3) is 5.42. The fourth-order valence-electron chi connectivity index (χ4n) is 1.78. The van der Waals surface area contributed by atoms with Crippen LogP contribution < -0.4 is 9.62 Å². The number of anilines is 1. The van der Waals surface area contributed by atoms with Crippen LogP contribution in [-0.2, 0) is 14.8 Å². The summed E-state index contributed by atoms with van der Waals surface area (Å²) in [5.41, 5.74) is -0.717. The van der Waals surface area contributed by atoms with Crippen LogP contribution in [0.15, 0.2) is 12.1 Å². The van der Waals surface area contributed by atoms with Crippen molar-refractivity contribution in [2.75, 3.05) is 23.7 Å². The largest absolute Gasteiger partial charge is 0.355 e. The zero-order valence-electron chi connectivity index (χ0n) is 13.1. The van der Waals surface area contributed by atoms with Gasteiger partial charge in [-0.05, 0) is 24.5 Å². The van der Waals surface area contributed by atoms with Crippen molar-refractivity contribution >= 4 is 21.6 Å². The van der Waals surface area contributed by atoms with Crippen LogP contribution >= 0.6 is 0 Å². The van der Waals surface area contributed by atoms with E-state index in [1.807, 2.05) is 13.8 Å². The summed E-state index contributed by atoms with van der Waals surface area (Å²) in [7, 11) is -4.06. The van der Waals surface area contributed by atoms with Crippen molar-refractivity contribution in [1.82, 2.24) is 5.32 Å². The lowest BCUT2D eigenvalue weighted by molar-refractivity contribution is -0.119. The summed E-state index contributed by atoms with van der Waals surface area (Å²) in [5.74, 6) is -5.23. The molecule has 23 heavy (non-hydrogen) atoms. The molecule has 5 nitrogen and oxygen atoms in total. The number of hydrogen-bond acceptors (Lipinski definition) is 3. The normalized spacial score (nSPS) is 11.6. The smallest absolute Gasteiger partial charge is 0.240 e. The fraction of sp³-hybridized carbons (Fsp3) is 0.500. The Morgan fingerprint density at radius 1 is 1.22 bits per heavy atom. The Labute approximate surface area is 133 Å². The Kier molecular flexibility index (Phi) is 6.43. The van der Waals surface area contributed by atoms with Crippen molar-refractivity contribution in [1.29, 1.82) is 0 Å². The van der Waals surface area contributed by atoms with E-state index in [0.717, 1.165) is 12.3 Å². The molecule has 1 N–H and O–H groups in total. The van der Waals surface area contributed by atoms with Crippen LogP contribution in [0.1, 0.15) is 20.3 Å². The molecule has 1 amide bonds. The second-order valence-corrected chi connectivity index (χ2v) is 7.40. The SMILES string of the molecule is CC(C)CCNC(=O)CN(c1ccc(F)c(F)c1F)S(C)(=O)=O. The lowest BCUT2D eigenvalue weighted by Gasteiger charge is -2.22. The minimum absolute atomic E-state index is 0.328. The Bertz CT molecular complexity index is 678. The summed E-state index contributed by atoms with van der Waals surface area (Å²) < 4.78 is 64.0. The molecule has 0 saturated carbocycles. The van der Waals surface area contributed by atoms with E-state index in [4.69, 9.17) is 0 Å². The molecule has 0 aromatic heterocycles. The second kappa shape index (κ2) is 7.67. The molecule has 9 heteroatoms. The van der Waals surface area contributed by atoms with Gasteiger partial charge in [0, 0.05) is 6.54 Å². The van der Waals surface area contributed by atoms with Crippen LogP contribution in [0.25, 0.3) is 0 Å². The number of carbonyl (C=O) groups excluding carboxylic acids is 1. The Hall–Kier alpha value is -1.77. The number of nitrogens with zero attached hydrogens (tertiary/aromatic N) is 1. The van der Waals surface area contributed by atoms with Gasteiger partial charge in [-0.3, -0.25) is 9.10 Å². The molecule has 0 spiro atoms. The third-order valence-electron chi connectivity index (χ3n) is 3.01. The van der Waals surface area contributed by atoms with Crippen LogP contribution in [0, 0.1) is 23.4 Å². The van der Waals surface area contributed by atoms with E-state index in [-0.39, 0.29) is 0 Å². The minimum Gasteiger partial charge on any atom is -0.355 e. The molecule has 0 aliphatic rings. The van der Waals surface area contributed by atoms with Gasteiger partial charge in [0.05, 0.1) is 11.9 Å². The molecule has 0 atom stereocenters. The maximum Gasteiger partial charge on any atom is 0.240 e. The van der Waals surface area contributed by atoms with E-state index in [1.54, 1.807) is 0 Å². The molecule has 0 fully saturated rings. The Morgan fingerprint density at radius 2 is 1.83 bits per heavy atom. The average molecular weight is 352 g/mol. The van der Waals surface area contributed by atoms with Crippen molar-refractivity contribution < 1.29 is 26.4 Å². The van der Waals surface area contributed by atoms with E-state index in [0.29, 0.717) is 29.3 Å². The van der Waals surface area contributed by atoms with Crippen LogP contribution in [0.2, 0.25) is 0 Å². The molecular formula is C14H19F3N2O3S. The highest BCUT2D eigenvalue weighted by Crippen LogP contribution is 2.25. The topological polar surface area (TPSA) is 66.5 Å². The number of amides is 1. The maximum absolute atomic E-state index is 13.8. The van der Waals surface area contributed by atoms with Gasteiger partial charge >= 0.3 is 0 Å². The number of nitrogens with one attached hydrogen (secondary N) is 1. The monoisotopic (exact) mass is 352 g/mol. The number of sulfonamides is 1. The standard InChI is InChI=1S/C14H19F3N2O3S/c1-9(2)6-7-18-12(20)8-19(23(3,21)22)11-5-4-10(15)13(16)14(11)17/h4-5,9H,6-8H2,1-3H3,(H,18,20).